The number of nitrogens with two attached hydrogens (primary N) is 1. The molecule has 0 fully saturated rings. The Kier molecular flexibility index (Phi) is 6.16. The van der Waals surface area contributed by atoms with Crippen molar-refractivity contribution in [2.24, 2.45) is 5.92 Å². The van der Waals surface area contributed by atoms with Crippen molar-refractivity contribution in [2.45, 2.75) is 71.9 Å². The highest BCUT2D eigenvalue weighted by Gasteiger charge is 2.23. The van der Waals surface area contributed by atoms with E-state index in [1.165, 1.54) is 40.8 Å². The molecule has 4 rings (SSSR count). The standard InChI is InChI=1S/C24H31N3OS/c1-4-5-7-16-10-12-17(13-11-16)22(15(2)3)25-14-20-26-23(28)21-18-8-6-9-19(18)29-24(21)27-20/h10-13,15,22,25H,4-9,14H2,1-3H3,(H,26,27,28)/p+1/t22-/m0/s1. The van der Waals surface area contributed by atoms with Crippen LogP contribution in [0.2, 0.25) is 0 Å². The number of aromatic nitrogens is 2. The van der Waals surface area contributed by atoms with Gasteiger partial charge in [-0.25, -0.2) is 4.98 Å². The summed E-state index contributed by atoms with van der Waals surface area (Å²) in [6, 6.07) is 9.44. The van der Waals surface area contributed by atoms with E-state index in [2.05, 4.69) is 55.3 Å². The number of thiophene rings is 1. The summed E-state index contributed by atoms with van der Waals surface area (Å²) in [6.07, 6.45) is 6.91. The maximum Gasteiger partial charge on any atom is 0.260 e. The molecule has 154 valence electrons. The number of quaternary nitrogens is 1. The van der Waals surface area contributed by atoms with Crippen LogP contribution in [0.1, 0.15) is 73.5 Å². The summed E-state index contributed by atoms with van der Waals surface area (Å²) < 4.78 is 0. The van der Waals surface area contributed by atoms with Crippen molar-refractivity contribution >= 4 is 21.6 Å². The highest BCUT2D eigenvalue weighted by molar-refractivity contribution is 7.18. The van der Waals surface area contributed by atoms with Crippen LogP contribution in [0, 0.1) is 5.92 Å². The van der Waals surface area contributed by atoms with Crippen LogP contribution in [-0.4, -0.2) is 9.97 Å². The SMILES string of the molecule is CCCCc1ccc([C@@H]([NH2+]Cc2nc3sc4c(c3c(=O)[nH]2)CCC4)C(C)C)cc1. The number of aromatic amines is 1. The zero-order valence-corrected chi connectivity index (χ0v) is 18.6. The molecule has 3 N–H and O–H groups in total. The molecule has 4 nitrogen and oxygen atoms in total. The Hall–Kier alpha value is -1.98. The highest BCUT2D eigenvalue weighted by Crippen LogP contribution is 2.34. The number of hydrogen-bond donors (Lipinski definition) is 2. The van der Waals surface area contributed by atoms with Crippen LogP contribution in [-0.2, 0) is 25.8 Å². The van der Waals surface area contributed by atoms with E-state index < -0.39 is 0 Å². The van der Waals surface area contributed by atoms with E-state index in [4.69, 9.17) is 4.98 Å². The van der Waals surface area contributed by atoms with Gasteiger partial charge in [-0.1, -0.05) is 51.5 Å². The Morgan fingerprint density at radius 3 is 2.72 bits per heavy atom. The predicted molar refractivity (Wildman–Crippen MR) is 121 cm³/mol. The second kappa shape index (κ2) is 8.80. The van der Waals surface area contributed by atoms with Crippen LogP contribution in [0.5, 0.6) is 0 Å². The summed E-state index contributed by atoms with van der Waals surface area (Å²) in [6.45, 7) is 7.44. The van der Waals surface area contributed by atoms with Gasteiger partial charge in [0.1, 0.15) is 17.4 Å². The fourth-order valence-corrected chi connectivity index (χ4v) is 5.74. The van der Waals surface area contributed by atoms with Gasteiger partial charge >= 0.3 is 0 Å². The van der Waals surface area contributed by atoms with Gasteiger partial charge in [-0.05, 0) is 43.2 Å². The van der Waals surface area contributed by atoms with E-state index in [1.54, 1.807) is 11.3 Å². The van der Waals surface area contributed by atoms with E-state index in [-0.39, 0.29) is 5.56 Å². The van der Waals surface area contributed by atoms with Crippen LogP contribution in [0.3, 0.4) is 0 Å². The van der Waals surface area contributed by atoms with Crippen molar-refractivity contribution in [3.8, 4) is 0 Å². The number of unbranched alkanes of at least 4 members (excludes halogenated alkanes) is 1. The molecule has 1 atom stereocenters. The number of hydrogen-bond acceptors (Lipinski definition) is 3. The average Bonchev–Trinajstić information content (AvgIpc) is 3.28. The van der Waals surface area contributed by atoms with Gasteiger partial charge in [0.05, 0.1) is 5.39 Å². The Bertz CT molecular complexity index is 1030. The largest absolute Gasteiger partial charge is 0.334 e. The van der Waals surface area contributed by atoms with Crippen molar-refractivity contribution in [1.82, 2.24) is 9.97 Å². The van der Waals surface area contributed by atoms with Crippen LogP contribution in [0.25, 0.3) is 10.2 Å². The quantitative estimate of drug-likeness (QED) is 0.582. The number of aryl methyl sites for hydroxylation is 3. The van der Waals surface area contributed by atoms with Crippen LogP contribution in [0.15, 0.2) is 29.1 Å². The van der Waals surface area contributed by atoms with Gasteiger partial charge in [0.25, 0.3) is 5.56 Å². The van der Waals surface area contributed by atoms with Crippen molar-refractivity contribution < 1.29 is 5.32 Å². The van der Waals surface area contributed by atoms with E-state index >= 15 is 0 Å². The van der Waals surface area contributed by atoms with Crippen molar-refractivity contribution in [2.75, 3.05) is 0 Å². The molecule has 2 aromatic heterocycles. The topological polar surface area (TPSA) is 62.4 Å². The lowest BCUT2D eigenvalue weighted by molar-refractivity contribution is -0.718. The Morgan fingerprint density at radius 1 is 1.21 bits per heavy atom. The molecule has 2 heterocycles. The molecule has 3 aromatic rings. The van der Waals surface area contributed by atoms with Crippen LogP contribution < -0.4 is 10.9 Å². The van der Waals surface area contributed by atoms with Crippen LogP contribution in [0.4, 0.5) is 0 Å². The normalized spacial score (nSPS) is 14.6. The molecule has 0 bridgehead atoms. The molecule has 29 heavy (non-hydrogen) atoms. The zero-order valence-electron chi connectivity index (χ0n) is 17.8. The number of rotatable bonds is 8. The summed E-state index contributed by atoms with van der Waals surface area (Å²) in [5.74, 6) is 1.28. The van der Waals surface area contributed by atoms with Crippen molar-refractivity contribution in [3.63, 3.8) is 0 Å². The van der Waals surface area contributed by atoms with Gasteiger partial charge in [-0.2, -0.15) is 0 Å². The second-order valence-electron chi connectivity index (χ2n) is 8.60. The average molecular weight is 411 g/mol. The Morgan fingerprint density at radius 2 is 2.00 bits per heavy atom. The molecule has 1 aliphatic carbocycles. The molecule has 0 unspecified atom stereocenters. The molecule has 1 aromatic carbocycles. The van der Waals surface area contributed by atoms with Crippen molar-refractivity contribution in [1.29, 1.82) is 0 Å². The van der Waals surface area contributed by atoms with Gasteiger partial charge < -0.3 is 10.3 Å². The first-order valence-corrected chi connectivity index (χ1v) is 11.8. The fraction of sp³-hybridized carbons (Fsp3) is 0.500. The second-order valence-corrected chi connectivity index (χ2v) is 9.69. The lowest BCUT2D eigenvalue weighted by Gasteiger charge is -2.20. The van der Waals surface area contributed by atoms with Gasteiger partial charge in [0.2, 0.25) is 0 Å². The summed E-state index contributed by atoms with van der Waals surface area (Å²) in [5.41, 5.74) is 4.05. The number of nitrogens with one attached hydrogen (secondary N) is 1. The molecule has 0 spiro atoms. The Balaban J connectivity index is 1.50. The molecule has 5 heteroatoms. The monoisotopic (exact) mass is 410 g/mol. The third kappa shape index (κ3) is 4.31. The minimum atomic E-state index is 0.0409. The molecule has 0 aliphatic heterocycles. The predicted octanol–water partition coefficient (Wildman–Crippen LogP) is 4.28. The third-order valence-electron chi connectivity index (χ3n) is 6.09. The molecule has 1 aliphatic rings. The van der Waals surface area contributed by atoms with E-state index in [0.717, 1.165) is 35.3 Å². The summed E-state index contributed by atoms with van der Waals surface area (Å²) >= 11 is 1.71. The maximum absolute atomic E-state index is 12.7. The van der Waals surface area contributed by atoms with Crippen LogP contribution >= 0.6 is 11.3 Å². The number of fused-ring (bicyclic) bond motifs is 3. The number of nitrogens with zero attached hydrogens (tertiary/aromatic N) is 1. The first kappa shape index (κ1) is 20.3. The first-order valence-electron chi connectivity index (χ1n) is 11.0. The van der Waals surface area contributed by atoms with E-state index in [0.29, 0.717) is 18.5 Å². The lowest BCUT2D eigenvalue weighted by Crippen LogP contribution is -2.85. The van der Waals surface area contributed by atoms with Gasteiger partial charge in [-0.15, -0.1) is 11.3 Å². The zero-order chi connectivity index (χ0) is 20.4. The third-order valence-corrected chi connectivity index (χ3v) is 7.28. The van der Waals surface area contributed by atoms with Gasteiger partial charge in [0.15, 0.2) is 5.82 Å². The van der Waals surface area contributed by atoms with Crippen molar-refractivity contribution in [3.05, 3.63) is 62.0 Å². The Labute approximate surface area is 176 Å². The molecular weight excluding hydrogens is 378 g/mol. The highest BCUT2D eigenvalue weighted by atomic mass is 32.1. The van der Waals surface area contributed by atoms with Gasteiger partial charge in [-0.3, -0.25) is 4.79 Å². The molecule has 0 amide bonds. The van der Waals surface area contributed by atoms with E-state index in [9.17, 15) is 4.79 Å². The summed E-state index contributed by atoms with van der Waals surface area (Å²) in [4.78, 5) is 22.8. The molecule has 0 saturated carbocycles. The molecule has 0 saturated heterocycles. The smallest absolute Gasteiger partial charge is 0.260 e. The summed E-state index contributed by atoms with van der Waals surface area (Å²) in [5, 5.41) is 3.16. The summed E-state index contributed by atoms with van der Waals surface area (Å²) in [7, 11) is 0. The molecule has 0 radical (unpaired) electrons. The number of H-pyrrole nitrogens is 1. The minimum absolute atomic E-state index is 0.0409. The minimum Gasteiger partial charge on any atom is -0.334 e. The maximum atomic E-state index is 12.7. The molecular formula is C24H32N3OS+. The fourth-order valence-electron chi connectivity index (χ4n) is 4.46. The van der Waals surface area contributed by atoms with E-state index in [1.807, 2.05) is 0 Å². The van der Waals surface area contributed by atoms with Gasteiger partial charge in [0, 0.05) is 16.4 Å². The lowest BCUT2D eigenvalue weighted by atomic mass is 9.94. The number of benzene rings is 1. The first-order chi connectivity index (χ1) is 14.1.